The van der Waals surface area contributed by atoms with Crippen molar-refractivity contribution in [2.24, 2.45) is 7.05 Å². The number of alkyl halides is 4. The molecule has 0 aliphatic rings. The predicted octanol–water partition coefficient (Wildman–Crippen LogP) is 4.66. The van der Waals surface area contributed by atoms with Crippen LogP contribution >= 0.6 is 0 Å². The van der Waals surface area contributed by atoms with E-state index in [1.54, 1.807) is 6.92 Å². The topological polar surface area (TPSA) is 96.3 Å². The molecule has 0 fully saturated rings. The Morgan fingerprint density at radius 1 is 1.09 bits per heavy atom. The summed E-state index contributed by atoms with van der Waals surface area (Å²) in [4.78, 5) is 24.2. The predicted molar refractivity (Wildman–Crippen MR) is 115 cm³/mol. The average molecular weight is 496 g/mol. The van der Waals surface area contributed by atoms with Gasteiger partial charge >= 0.3 is 12.1 Å². The molecule has 0 radical (unpaired) electrons. The molecule has 2 aromatic carbocycles. The first-order valence-electron chi connectivity index (χ1n) is 10.3. The molecule has 7 nitrogen and oxygen atoms in total. The van der Waals surface area contributed by atoms with Crippen LogP contribution in [-0.2, 0) is 19.6 Å². The van der Waals surface area contributed by atoms with Crippen LogP contribution in [-0.4, -0.2) is 26.8 Å². The maximum absolute atomic E-state index is 14.4. The number of aryl methyl sites for hydroxylation is 1. The van der Waals surface area contributed by atoms with Crippen LogP contribution in [0.25, 0.3) is 0 Å². The molecule has 2 atom stereocenters. The normalized spacial score (nSPS) is 13.3. The number of nitrogens with one attached hydrogen (secondary N) is 2. The molecule has 0 saturated heterocycles. The summed E-state index contributed by atoms with van der Waals surface area (Å²) in [6.45, 7) is 1.61. The highest BCUT2D eigenvalue weighted by Crippen LogP contribution is 2.30. The third-order valence-electron chi connectivity index (χ3n) is 5.39. The van der Waals surface area contributed by atoms with E-state index in [9.17, 15) is 31.6 Å². The van der Waals surface area contributed by atoms with Gasteiger partial charge in [-0.1, -0.05) is 24.3 Å². The monoisotopic (exact) mass is 496 g/mol. The lowest BCUT2D eigenvalue weighted by molar-refractivity contribution is -0.137. The summed E-state index contributed by atoms with van der Waals surface area (Å²) in [6, 6.07) is 9.26. The summed E-state index contributed by atoms with van der Waals surface area (Å²) < 4.78 is 66.8. The summed E-state index contributed by atoms with van der Waals surface area (Å²) in [7, 11) is 1.31. The number of carbonyl (C=O) groups excluding carboxylic acids is 1. The number of aromatic nitrogens is 2. The van der Waals surface area contributed by atoms with Crippen LogP contribution in [0.1, 0.15) is 68.1 Å². The number of nitrogens with zero attached hydrogens (tertiary/aromatic N) is 2. The number of amides is 1. The summed E-state index contributed by atoms with van der Waals surface area (Å²) >= 11 is 0. The van der Waals surface area contributed by atoms with Crippen molar-refractivity contribution in [2.45, 2.75) is 31.9 Å². The number of rotatable bonds is 8. The number of carboxylic acid groups (broad SMARTS) is 1. The molecule has 3 aromatic rings. The van der Waals surface area contributed by atoms with Crippen molar-refractivity contribution < 1.29 is 36.7 Å². The number of hydrogen-bond donors (Lipinski definition) is 3. The van der Waals surface area contributed by atoms with Crippen molar-refractivity contribution in [3.63, 3.8) is 0 Å². The van der Waals surface area contributed by atoms with E-state index in [1.807, 2.05) is 0 Å². The quantitative estimate of drug-likeness (QED) is 0.240. The molecule has 0 saturated carbocycles. The molecule has 1 amide bonds. The third kappa shape index (κ3) is 5.83. The molecule has 3 N–H and O–H groups in total. The highest BCUT2D eigenvalue weighted by atomic mass is 19.4. The second-order valence-corrected chi connectivity index (χ2v) is 7.80. The lowest BCUT2D eigenvalue weighted by Crippen LogP contribution is -2.29. The van der Waals surface area contributed by atoms with Gasteiger partial charge in [0.2, 0.25) is 6.30 Å². The van der Waals surface area contributed by atoms with Crippen LogP contribution in [0.2, 0.25) is 0 Å². The maximum atomic E-state index is 14.4. The molecule has 1 aromatic heterocycles. The fraction of sp³-hybridized carbons (Fsp3) is 0.261. The molecule has 12 heteroatoms. The largest absolute Gasteiger partial charge is 0.478 e. The lowest BCUT2D eigenvalue weighted by Gasteiger charge is -2.16. The molecular formula is C23H21F5N4O3. The van der Waals surface area contributed by atoms with Gasteiger partial charge in [-0.3, -0.25) is 9.48 Å². The first-order valence-corrected chi connectivity index (χ1v) is 10.3. The number of aromatic carboxylic acids is 1. The Morgan fingerprint density at radius 3 is 2.20 bits per heavy atom. The van der Waals surface area contributed by atoms with Crippen molar-refractivity contribution in [1.29, 1.82) is 0 Å². The average Bonchev–Trinajstić information content (AvgIpc) is 3.13. The van der Waals surface area contributed by atoms with Crippen LogP contribution in [0.15, 0.2) is 48.5 Å². The minimum Gasteiger partial charge on any atom is -0.478 e. The van der Waals surface area contributed by atoms with Gasteiger partial charge in [0.1, 0.15) is 5.69 Å². The fourth-order valence-corrected chi connectivity index (χ4v) is 3.58. The number of halogens is 5. The van der Waals surface area contributed by atoms with Gasteiger partial charge in [-0.2, -0.15) is 18.3 Å². The number of hydrogen-bond acceptors (Lipinski definition) is 4. The molecule has 1 heterocycles. The van der Waals surface area contributed by atoms with Gasteiger partial charge < -0.3 is 10.4 Å². The van der Waals surface area contributed by atoms with Gasteiger partial charge in [-0.05, 0) is 42.3 Å². The van der Waals surface area contributed by atoms with Gasteiger partial charge in [0, 0.05) is 13.5 Å². The zero-order valence-electron chi connectivity index (χ0n) is 18.5. The van der Waals surface area contributed by atoms with Crippen molar-refractivity contribution in [3.05, 3.63) is 87.7 Å². The highest BCUT2D eigenvalue weighted by Gasteiger charge is 2.31. The zero-order chi connectivity index (χ0) is 25.9. The van der Waals surface area contributed by atoms with Crippen LogP contribution in [0.5, 0.6) is 0 Å². The van der Waals surface area contributed by atoms with E-state index in [1.165, 1.54) is 43.4 Å². The Balaban J connectivity index is 1.91. The second kappa shape index (κ2) is 10.2. The summed E-state index contributed by atoms with van der Waals surface area (Å²) in [5.74, 6) is -1.91. The molecule has 1 unspecified atom stereocenters. The minimum atomic E-state index is -4.52. The van der Waals surface area contributed by atoms with Gasteiger partial charge in [-0.15, -0.1) is 10.0 Å². The number of carboxylic acids is 1. The van der Waals surface area contributed by atoms with Crippen molar-refractivity contribution in [2.75, 3.05) is 0 Å². The van der Waals surface area contributed by atoms with Crippen molar-refractivity contribution >= 4 is 11.9 Å². The zero-order valence-corrected chi connectivity index (χ0v) is 18.5. The van der Waals surface area contributed by atoms with E-state index in [-0.39, 0.29) is 23.2 Å². The number of carbonyl (C=O) groups is 2. The van der Waals surface area contributed by atoms with Crippen LogP contribution < -0.4 is 10.9 Å². The van der Waals surface area contributed by atoms with Crippen LogP contribution in [0.4, 0.5) is 22.0 Å². The van der Waals surface area contributed by atoms with E-state index in [4.69, 9.17) is 5.11 Å². The molecular weight excluding hydrogens is 475 g/mol. The standard InChI is InChI=1S/C23H21F5N4O3/c1-12(14-5-7-15(8-6-14)22(34)35)29-21(33)18-17(31-32(2)19(18)20(24)30-28)11-13-3-9-16(10-4-13)23(25,26)27/h3-10,12,20,30H,11H2,1-2H3,(H,29,33)(H,34,35)/t12-,20?/m0/s1. The Labute approximate surface area is 196 Å². The molecule has 0 aliphatic heterocycles. The summed E-state index contributed by atoms with van der Waals surface area (Å²) in [5.41, 5.74) is 0.424. The molecule has 3 rings (SSSR count). The fourth-order valence-electron chi connectivity index (χ4n) is 3.58. The highest BCUT2D eigenvalue weighted by molar-refractivity contribution is 5.97. The molecule has 0 spiro atoms. The van der Waals surface area contributed by atoms with Crippen molar-refractivity contribution in [1.82, 2.24) is 20.6 Å². The van der Waals surface area contributed by atoms with Gasteiger partial charge in [-0.25, -0.2) is 9.18 Å². The van der Waals surface area contributed by atoms with Gasteiger partial charge in [0.15, 0.2) is 0 Å². The maximum Gasteiger partial charge on any atom is 0.416 e. The first kappa shape index (κ1) is 25.8. The Morgan fingerprint density at radius 2 is 1.69 bits per heavy atom. The molecule has 0 aliphatic carbocycles. The molecule has 186 valence electrons. The third-order valence-corrected chi connectivity index (χ3v) is 5.39. The smallest absolute Gasteiger partial charge is 0.416 e. The Kier molecular flexibility index (Phi) is 7.54. The van der Waals surface area contributed by atoms with E-state index in [0.29, 0.717) is 11.1 Å². The van der Waals surface area contributed by atoms with Crippen LogP contribution in [0, 0.1) is 0 Å². The number of benzene rings is 2. The Bertz CT molecular complexity index is 1210. The summed E-state index contributed by atoms with van der Waals surface area (Å²) in [6.07, 6.45) is -7.02. The van der Waals surface area contributed by atoms with Gasteiger partial charge in [0.25, 0.3) is 5.91 Å². The molecule has 0 bridgehead atoms. The van der Waals surface area contributed by atoms with E-state index >= 15 is 0 Å². The molecule has 35 heavy (non-hydrogen) atoms. The van der Waals surface area contributed by atoms with Gasteiger partial charge in [0.05, 0.1) is 28.4 Å². The first-order chi connectivity index (χ1) is 16.4. The minimum absolute atomic E-state index is 0.0334. The second-order valence-electron chi connectivity index (χ2n) is 7.80. The van der Waals surface area contributed by atoms with E-state index in [0.717, 1.165) is 22.4 Å². The van der Waals surface area contributed by atoms with Crippen LogP contribution in [0.3, 0.4) is 0 Å². The summed E-state index contributed by atoms with van der Waals surface area (Å²) in [5, 5.41) is 15.8. The van der Waals surface area contributed by atoms with E-state index in [2.05, 4.69) is 10.4 Å². The Hall–Kier alpha value is -3.80. The van der Waals surface area contributed by atoms with E-state index < -0.39 is 41.6 Å². The SMILES string of the molecule is C[C@H](NC(=O)c1c(Cc2ccc(C(F)(F)F)cc2)nn(C)c1C(F)NF)c1ccc(C(=O)O)cc1. The lowest BCUT2D eigenvalue weighted by atomic mass is 10.0. The van der Waals surface area contributed by atoms with Crippen molar-refractivity contribution in [3.8, 4) is 0 Å².